The molecule has 0 atom stereocenters. The van der Waals surface area contributed by atoms with Crippen LogP contribution in [0.3, 0.4) is 0 Å². The van der Waals surface area contributed by atoms with E-state index >= 15 is 0 Å². The molecule has 0 bridgehead atoms. The molecule has 1 aliphatic heterocycles. The van der Waals surface area contributed by atoms with Crippen molar-refractivity contribution in [3.63, 3.8) is 0 Å². The second-order valence-corrected chi connectivity index (χ2v) is 9.27. The number of thiazole rings is 1. The van der Waals surface area contributed by atoms with Gasteiger partial charge >= 0.3 is 0 Å². The first-order chi connectivity index (χ1) is 15.8. The Hall–Kier alpha value is -3.08. The summed E-state index contributed by atoms with van der Waals surface area (Å²) in [6, 6.07) is 9.59. The molecule has 0 unspecified atom stereocenters. The number of hydrogen-bond donors (Lipinski definition) is 2. The molecule has 0 saturated carbocycles. The number of rotatable bonds is 5. The van der Waals surface area contributed by atoms with Gasteiger partial charge in [0.05, 0.1) is 4.88 Å². The van der Waals surface area contributed by atoms with E-state index in [1.54, 1.807) is 31.4 Å². The van der Waals surface area contributed by atoms with Gasteiger partial charge in [-0.1, -0.05) is 35.3 Å². The minimum absolute atomic E-state index is 0.0379. The summed E-state index contributed by atoms with van der Waals surface area (Å²) in [6.45, 7) is 5.37. The van der Waals surface area contributed by atoms with Gasteiger partial charge in [0.2, 0.25) is 0 Å². The van der Waals surface area contributed by atoms with E-state index in [1.165, 1.54) is 0 Å². The number of nitrogens with two attached hydrogens (primary N) is 1. The van der Waals surface area contributed by atoms with Gasteiger partial charge in [-0.15, -0.1) is 0 Å². The Labute approximate surface area is 194 Å². The number of ether oxygens (including phenoxy) is 1. The quantitative estimate of drug-likeness (QED) is 0.559. The van der Waals surface area contributed by atoms with Crippen LogP contribution in [0.1, 0.15) is 45.6 Å². The van der Waals surface area contributed by atoms with Gasteiger partial charge in [-0.05, 0) is 56.8 Å². The van der Waals surface area contributed by atoms with Gasteiger partial charge in [0, 0.05) is 38.0 Å². The second kappa shape index (κ2) is 9.60. The third-order valence-electron chi connectivity index (χ3n) is 4.97. The lowest BCUT2D eigenvalue weighted by molar-refractivity contribution is 0.143. The average molecular weight is 450 g/mol. The topological polar surface area (TPSA) is 84.5 Å². The van der Waals surface area contributed by atoms with Crippen LogP contribution in [0.15, 0.2) is 42.7 Å². The Balaban J connectivity index is 1.46. The predicted octanol–water partition coefficient (Wildman–Crippen LogP) is 4.48. The maximum Gasteiger partial charge on any atom is 0.185 e. The van der Waals surface area contributed by atoms with Crippen LogP contribution in [-0.2, 0) is 6.61 Å². The summed E-state index contributed by atoms with van der Waals surface area (Å²) in [6.07, 6.45) is 5.38. The zero-order valence-corrected chi connectivity index (χ0v) is 19.2. The van der Waals surface area contributed by atoms with Crippen LogP contribution in [0.5, 0.6) is 5.75 Å². The Morgan fingerprint density at radius 1 is 1.25 bits per heavy atom. The molecule has 166 valence electrons. The third kappa shape index (κ3) is 5.78. The van der Waals surface area contributed by atoms with E-state index in [1.807, 2.05) is 36.5 Å². The highest BCUT2D eigenvalue weighted by Crippen LogP contribution is 2.35. The normalized spacial score (nSPS) is 15.1. The molecule has 7 heteroatoms. The summed E-state index contributed by atoms with van der Waals surface area (Å²) >= 11 is 1.61. The summed E-state index contributed by atoms with van der Waals surface area (Å²) in [4.78, 5) is 12.1. The highest BCUT2D eigenvalue weighted by molar-refractivity contribution is 7.18. The molecule has 3 heterocycles. The summed E-state index contributed by atoms with van der Waals surface area (Å²) in [7, 11) is 0. The standard InChI is InChI=1S/C25H28N4O2S/c1-25(2,30)10-9-18-7-6-8-19(13-18)17-31-21-14-20(15-27-23(21)26)22-16-28-24(32-22)29-11-4-3-5-12-29/h6-8,13-16,30H,3-5,11-12,17H2,1-2H3,(H2,26,27)/i3D. The Kier molecular flexibility index (Phi) is 6.24. The van der Waals surface area contributed by atoms with Crippen LogP contribution in [0, 0.1) is 11.8 Å². The van der Waals surface area contributed by atoms with E-state index in [0.717, 1.165) is 52.6 Å². The molecule has 1 fully saturated rings. The molecule has 0 aliphatic carbocycles. The van der Waals surface area contributed by atoms with E-state index in [-0.39, 0.29) is 6.40 Å². The Bertz CT molecular complexity index is 1170. The molecule has 32 heavy (non-hydrogen) atoms. The van der Waals surface area contributed by atoms with Gasteiger partial charge in [0.1, 0.15) is 12.2 Å². The van der Waals surface area contributed by atoms with Crippen molar-refractivity contribution >= 4 is 22.3 Å². The maximum absolute atomic E-state index is 9.80. The van der Waals surface area contributed by atoms with Crippen molar-refractivity contribution < 1.29 is 11.2 Å². The minimum atomic E-state index is -1.04. The molecule has 1 saturated heterocycles. The van der Waals surface area contributed by atoms with Crippen LogP contribution < -0.4 is 15.4 Å². The lowest BCUT2D eigenvalue weighted by Crippen LogP contribution is -2.29. The largest absolute Gasteiger partial charge is 0.485 e. The zero-order chi connectivity index (χ0) is 23.4. The smallest absolute Gasteiger partial charge is 0.185 e. The second-order valence-electron chi connectivity index (χ2n) is 8.27. The van der Waals surface area contributed by atoms with Crippen LogP contribution in [0.4, 0.5) is 10.9 Å². The molecule has 0 spiro atoms. The molecule has 3 N–H and O–H groups in total. The van der Waals surface area contributed by atoms with Gasteiger partial charge in [-0.3, -0.25) is 0 Å². The highest BCUT2D eigenvalue weighted by Gasteiger charge is 2.16. The third-order valence-corrected chi connectivity index (χ3v) is 6.08. The number of anilines is 2. The highest BCUT2D eigenvalue weighted by atomic mass is 32.1. The molecule has 1 aliphatic rings. The molecular formula is C25H28N4O2S. The predicted molar refractivity (Wildman–Crippen MR) is 130 cm³/mol. The number of piperidine rings is 1. The number of benzene rings is 1. The molecule has 3 aromatic rings. The maximum atomic E-state index is 9.80. The van der Waals surface area contributed by atoms with E-state index in [2.05, 4.69) is 26.7 Å². The number of aliphatic hydroxyl groups is 1. The lowest BCUT2D eigenvalue weighted by Gasteiger charge is -2.25. The molecule has 4 rings (SSSR count). The number of hydrogen-bond acceptors (Lipinski definition) is 7. The average Bonchev–Trinajstić information content (AvgIpc) is 3.28. The van der Waals surface area contributed by atoms with Crippen molar-refractivity contribution in [2.75, 3.05) is 23.7 Å². The zero-order valence-electron chi connectivity index (χ0n) is 19.3. The van der Waals surface area contributed by atoms with Gasteiger partial charge in [-0.2, -0.15) is 0 Å². The summed E-state index contributed by atoms with van der Waals surface area (Å²) < 4.78 is 13.9. The van der Waals surface area contributed by atoms with E-state index in [0.29, 0.717) is 18.2 Å². The van der Waals surface area contributed by atoms with E-state index < -0.39 is 5.60 Å². The summed E-state index contributed by atoms with van der Waals surface area (Å²) in [5, 5.41) is 10.8. The van der Waals surface area contributed by atoms with Crippen molar-refractivity contribution in [1.29, 1.82) is 0 Å². The van der Waals surface area contributed by atoms with Crippen molar-refractivity contribution in [3.8, 4) is 28.0 Å². The first-order valence-electron chi connectivity index (χ1n) is 11.2. The SMILES string of the molecule is [2H]C1CCN(c2ncc(-c3cnc(N)c(OCc4cccc(C#CC(C)(C)O)c4)c3)s2)CC1. The summed E-state index contributed by atoms with van der Waals surface area (Å²) in [5.41, 5.74) is 7.69. The van der Waals surface area contributed by atoms with Crippen LogP contribution >= 0.6 is 11.3 Å². The molecule has 1 aromatic carbocycles. The van der Waals surface area contributed by atoms with Crippen LogP contribution in [0.2, 0.25) is 0 Å². The monoisotopic (exact) mass is 449 g/mol. The first kappa shape index (κ1) is 20.8. The molecule has 0 radical (unpaired) electrons. The van der Waals surface area contributed by atoms with Gasteiger partial charge in [0.25, 0.3) is 0 Å². The Morgan fingerprint density at radius 3 is 2.84 bits per heavy atom. The Morgan fingerprint density at radius 2 is 2.06 bits per heavy atom. The van der Waals surface area contributed by atoms with Gasteiger partial charge in [0.15, 0.2) is 16.7 Å². The lowest BCUT2D eigenvalue weighted by atomic mass is 10.1. The van der Waals surface area contributed by atoms with Crippen molar-refractivity contribution in [2.24, 2.45) is 0 Å². The van der Waals surface area contributed by atoms with Gasteiger partial charge in [-0.25, -0.2) is 9.97 Å². The number of pyridine rings is 1. The van der Waals surface area contributed by atoms with Crippen molar-refractivity contribution in [3.05, 3.63) is 53.9 Å². The summed E-state index contributed by atoms with van der Waals surface area (Å²) in [5.74, 6) is 6.65. The van der Waals surface area contributed by atoms with Crippen molar-refractivity contribution in [2.45, 2.75) is 45.3 Å². The van der Waals surface area contributed by atoms with E-state index in [9.17, 15) is 5.11 Å². The fourth-order valence-electron chi connectivity index (χ4n) is 3.32. The fourth-order valence-corrected chi connectivity index (χ4v) is 4.27. The molecule has 6 nitrogen and oxygen atoms in total. The molecule has 2 aromatic heterocycles. The fraction of sp³-hybridized carbons (Fsp3) is 0.360. The number of aromatic nitrogens is 2. The molecular weight excluding hydrogens is 420 g/mol. The van der Waals surface area contributed by atoms with E-state index in [4.69, 9.17) is 11.8 Å². The van der Waals surface area contributed by atoms with Crippen LogP contribution in [0.25, 0.3) is 10.4 Å². The van der Waals surface area contributed by atoms with Gasteiger partial charge < -0.3 is 20.5 Å². The number of nitrogens with zero attached hydrogens (tertiary/aromatic N) is 3. The minimum Gasteiger partial charge on any atom is -0.485 e. The van der Waals surface area contributed by atoms with Crippen LogP contribution in [-0.4, -0.2) is 33.8 Å². The van der Waals surface area contributed by atoms with Crippen molar-refractivity contribution in [1.82, 2.24) is 9.97 Å². The molecule has 0 amide bonds. The first-order valence-corrected chi connectivity index (χ1v) is 11.4. The number of nitrogen functional groups attached to an aromatic ring is 1.